The van der Waals surface area contributed by atoms with Gasteiger partial charge in [-0.05, 0) is 35.4 Å². The van der Waals surface area contributed by atoms with Crippen LogP contribution in [0.5, 0.6) is 5.75 Å². The first-order chi connectivity index (χ1) is 14.5. The summed E-state index contributed by atoms with van der Waals surface area (Å²) in [4.78, 5) is 22.2. The van der Waals surface area contributed by atoms with E-state index in [4.69, 9.17) is 16.3 Å². The molecule has 0 unspecified atom stereocenters. The molecule has 0 aromatic heterocycles. The SMILES string of the molecule is O=C(Cc1ccc([N+](=O)[O-])cc1)N/N=C\c1ccccc1OCc1ccc(Cl)cc1. The van der Waals surface area contributed by atoms with Crippen LogP contribution in [0.4, 0.5) is 5.69 Å². The van der Waals surface area contributed by atoms with Crippen LogP contribution in [0.1, 0.15) is 16.7 Å². The lowest BCUT2D eigenvalue weighted by atomic mass is 10.1. The second-order valence-corrected chi connectivity index (χ2v) is 6.78. The van der Waals surface area contributed by atoms with Crippen molar-refractivity contribution in [2.45, 2.75) is 13.0 Å². The summed E-state index contributed by atoms with van der Waals surface area (Å²) in [5, 5.41) is 15.3. The molecule has 0 bridgehead atoms. The van der Waals surface area contributed by atoms with Gasteiger partial charge in [0, 0.05) is 22.7 Å². The van der Waals surface area contributed by atoms with Crippen molar-refractivity contribution in [1.82, 2.24) is 5.43 Å². The van der Waals surface area contributed by atoms with Crippen LogP contribution >= 0.6 is 11.6 Å². The Labute approximate surface area is 178 Å². The average Bonchev–Trinajstić information content (AvgIpc) is 2.74. The monoisotopic (exact) mass is 423 g/mol. The number of non-ortho nitro benzene ring substituents is 1. The van der Waals surface area contributed by atoms with Crippen LogP contribution < -0.4 is 10.2 Å². The van der Waals surface area contributed by atoms with Gasteiger partial charge in [0.1, 0.15) is 12.4 Å². The van der Waals surface area contributed by atoms with E-state index in [2.05, 4.69) is 10.5 Å². The quantitative estimate of drug-likeness (QED) is 0.327. The first-order valence-electron chi connectivity index (χ1n) is 9.03. The van der Waals surface area contributed by atoms with E-state index >= 15 is 0 Å². The van der Waals surface area contributed by atoms with Crippen LogP contribution in [0.2, 0.25) is 5.02 Å². The van der Waals surface area contributed by atoms with Crippen LogP contribution in [-0.2, 0) is 17.8 Å². The van der Waals surface area contributed by atoms with Crippen molar-refractivity contribution in [2.24, 2.45) is 5.10 Å². The molecule has 0 radical (unpaired) electrons. The smallest absolute Gasteiger partial charge is 0.269 e. The lowest BCUT2D eigenvalue weighted by Crippen LogP contribution is -2.19. The largest absolute Gasteiger partial charge is 0.488 e. The molecule has 0 saturated heterocycles. The number of halogens is 1. The Balaban J connectivity index is 1.55. The minimum Gasteiger partial charge on any atom is -0.488 e. The third-order valence-corrected chi connectivity index (χ3v) is 4.38. The van der Waals surface area contributed by atoms with Gasteiger partial charge in [0.05, 0.1) is 17.6 Å². The second kappa shape index (κ2) is 10.2. The second-order valence-electron chi connectivity index (χ2n) is 6.35. The normalized spacial score (nSPS) is 10.7. The summed E-state index contributed by atoms with van der Waals surface area (Å²) in [7, 11) is 0. The van der Waals surface area contributed by atoms with Crippen molar-refractivity contribution < 1.29 is 14.5 Å². The van der Waals surface area contributed by atoms with Gasteiger partial charge in [0.15, 0.2) is 0 Å². The van der Waals surface area contributed by atoms with Crippen molar-refractivity contribution in [1.29, 1.82) is 0 Å². The van der Waals surface area contributed by atoms with Gasteiger partial charge in [-0.2, -0.15) is 5.10 Å². The molecule has 8 heteroatoms. The highest BCUT2D eigenvalue weighted by Gasteiger charge is 2.07. The van der Waals surface area contributed by atoms with E-state index in [1.165, 1.54) is 18.3 Å². The van der Waals surface area contributed by atoms with Gasteiger partial charge in [-0.3, -0.25) is 14.9 Å². The lowest BCUT2D eigenvalue weighted by Gasteiger charge is -2.09. The van der Waals surface area contributed by atoms with E-state index < -0.39 is 4.92 Å². The summed E-state index contributed by atoms with van der Waals surface area (Å²) >= 11 is 5.89. The van der Waals surface area contributed by atoms with Crippen molar-refractivity contribution >= 4 is 29.4 Å². The molecule has 0 heterocycles. The highest BCUT2D eigenvalue weighted by molar-refractivity contribution is 6.30. The minimum absolute atomic E-state index is 0.0209. The molecule has 0 spiro atoms. The highest BCUT2D eigenvalue weighted by atomic mass is 35.5. The summed E-state index contributed by atoms with van der Waals surface area (Å²) in [6.07, 6.45) is 1.56. The molecular formula is C22H18ClN3O4. The van der Waals surface area contributed by atoms with E-state index in [1.807, 2.05) is 36.4 Å². The average molecular weight is 424 g/mol. The zero-order chi connectivity index (χ0) is 21.3. The molecule has 0 atom stereocenters. The number of carbonyl (C=O) groups is 1. The van der Waals surface area contributed by atoms with Crippen LogP contribution in [0, 0.1) is 10.1 Å². The molecule has 3 aromatic rings. The Bertz CT molecular complexity index is 1050. The molecule has 0 aliphatic rings. The Morgan fingerprint density at radius 2 is 1.70 bits per heavy atom. The van der Waals surface area contributed by atoms with Crippen LogP contribution in [-0.4, -0.2) is 17.0 Å². The van der Waals surface area contributed by atoms with Gasteiger partial charge in [0.25, 0.3) is 5.69 Å². The Hall–Kier alpha value is -3.71. The zero-order valence-electron chi connectivity index (χ0n) is 15.8. The third kappa shape index (κ3) is 6.15. The molecule has 0 saturated carbocycles. The van der Waals surface area contributed by atoms with Crippen molar-refractivity contribution in [2.75, 3.05) is 0 Å². The topological polar surface area (TPSA) is 93.8 Å². The fourth-order valence-corrected chi connectivity index (χ4v) is 2.72. The summed E-state index contributed by atoms with van der Waals surface area (Å²) < 4.78 is 5.84. The molecule has 30 heavy (non-hydrogen) atoms. The number of nitro benzene ring substituents is 1. The summed E-state index contributed by atoms with van der Waals surface area (Å²) in [5.74, 6) is 0.292. The number of nitrogens with one attached hydrogen (secondary N) is 1. The maximum atomic E-state index is 12.0. The number of rotatable bonds is 8. The van der Waals surface area contributed by atoms with Crippen molar-refractivity contribution in [3.05, 3.63) is 105 Å². The maximum absolute atomic E-state index is 12.0. The van der Waals surface area contributed by atoms with Gasteiger partial charge >= 0.3 is 0 Å². The standard InChI is InChI=1S/C22H18ClN3O4/c23-19-9-5-17(6-10-19)15-30-21-4-2-1-3-18(21)14-24-25-22(27)13-16-7-11-20(12-8-16)26(28)29/h1-12,14H,13,15H2,(H,25,27)/b24-14-. The van der Waals surface area contributed by atoms with Crippen LogP contribution in [0.25, 0.3) is 0 Å². The molecule has 152 valence electrons. The summed E-state index contributed by atoms with van der Waals surface area (Å²) in [5.41, 5.74) is 4.77. The van der Waals surface area contributed by atoms with Gasteiger partial charge in [-0.1, -0.05) is 48.0 Å². The molecule has 1 N–H and O–H groups in total. The highest BCUT2D eigenvalue weighted by Crippen LogP contribution is 2.18. The number of hydrogen-bond acceptors (Lipinski definition) is 5. The Morgan fingerprint density at radius 1 is 1.03 bits per heavy atom. The van der Waals surface area contributed by atoms with E-state index in [1.54, 1.807) is 24.3 Å². The zero-order valence-corrected chi connectivity index (χ0v) is 16.6. The van der Waals surface area contributed by atoms with Gasteiger partial charge in [-0.25, -0.2) is 5.43 Å². The third-order valence-electron chi connectivity index (χ3n) is 4.13. The lowest BCUT2D eigenvalue weighted by molar-refractivity contribution is -0.384. The fourth-order valence-electron chi connectivity index (χ4n) is 2.59. The maximum Gasteiger partial charge on any atom is 0.269 e. The molecule has 3 rings (SSSR count). The van der Waals surface area contributed by atoms with Crippen molar-refractivity contribution in [3.8, 4) is 5.75 Å². The Kier molecular flexibility index (Phi) is 7.13. The first-order valence-corrected chi connectivity index (χ1v) is 9.40. The molecule has 0 aliphatic carbocycles. The molecule has 3 aromatic carbocycles. The number of hydrogen-bond donors (Lipinski definition) is 1. The number of nitrogens with zero attached hydrogens (tertiary/aromatic N) is 2. The van der Waals surface area contributed by atoms with E-state index in [-0.39, 0.29) is 18.0 Å². The molecule has 7 nitrogen and oxygen atoms in total. The number of benzene rings is 3. The molecule has 1 amide bonds. The summed E-state index contributed by atoms with van der Waals surface area (Å²) in [6.45, 7) is 0.370. The number of hydrazone groups is 1. The predicted molar refractivity (Wildman–Crippen MR) is 115 cm³/mol. The van der Waals surface area contributed by atoms with E-state index in [9.17, 15) is 14.9 Å². The molecular weight excluding hydrogens is 406 g/mol. The number of nitro groups is 1. The van der Waals surface area contributed by atoms with Gasteiger partial charge < -0.3 is 4.74 Å². The number of amides is 1. The van der Waals surface area contributed by atoms with Crippen LogP contribution in [0.3, 0.4) is 0 Å². The number of carbonyl (C=O) groups excluding carboxylic acids is 1. The summed E-state index contributed by atoms with van der Waals surface area (Å²) in [6, 6.07) is 20.5. The fraction of sp³-hybridized carbons (Fsp3) is 0.0909. The number of ether oxygens (including phenoxy) is 1. The van der Waals surface area contributed by atoms with Gasteiger partial charge in [0.2, 0.25) is 5.91 Å². The van der Waals surface area contributed by atoms with Crippen molar-refractivity contribution in [3.63, 3.8) is 0 Å². The first kappa shape index (κ1) is 21.0. The van der Waals surface area contributed by atoms with E-state index in [0.29, 0.717) is 28.5 Å². The van der Waals surface area contributed by atoms with E-state index in [0.717, 1.165) is 5.56 Å². The molecule has 0 fully saturated rings. The van der Waals surface area contributed by atoms with Gasteiger partial charge in [-0.15, -0.1) is 0 Å². The minimum atomic E-state index is -0.486. The molecule has 0 aliphatic heterocycles. The number of para-hydroxylation sites is 1. The van der Waals surface area contributed by atoms with Crippen LogP contribution in [0.15, 0.2) is 77.9 Å². The predicted octanol–water partition coefficient (Wildman–Crippen LogP) is 4.52. The Morgan fingerprint density at radius 3 is 2.40 bits per heavy atom.